The van der Waals surface area contributed by atoms with Crippen molar-refractivity contribution in [1.29, 1.82) is 0 Å². The first-order chi connectivity index (χ1) is 13.0. The van der Waals surface area contributed by atoms with E-state index in [1.165, 1.54) is 22.9 Å². The van der Waals surface area contributed by atoms with Gasteiger partial charge in [-0.15, -0.1) is 11.8 Å². The summed E-state index contributed by atoms with van der Waals surface area (Å²) in [5.41, 5.74) is 3.29. The molecular formula is C21H23N3O2S. The Morgan fingerprint density at radius 1 is 1.04 bits per heavy atom. The molecule has 3 rings (SSSR count). The minimum atomic E-state index is 0.0539. The Kier molecular flexibility index (Phi) is 6.29. The fourth-order valence-electron chi connectivity index (χ4n) is 2.55. The standard InChI is InChI=1S/C21H23N3O2S/c1-4-24(20(25)14-27-18-11-7-16(3)8-12-18)13-19-22-21(23-26-19)17-9-5-15(2)6-10-17/h5-12H,4,13-14H2,1-3H3. The smallest absolute Gasteiger partial charge is 0.246 e. The molecule has 0 bridgehead atoms. The Morgan fingerprint density at radius 2 is 1.67 bits per heavy atom. The van der Waals surface area contributed by atoms with Crippen LogP contribution in [0.4, 0.5) is 0 Å². The number of amides is 1. The van der Waals surface area contributed by atoms with Crippen molar-refractivity contribution in [2.75, 3.05) is 12.3 Å². The molecule has 1 heterocycles. The van der Waals surface area contributed by atoms with Crippen molar-refractivity contribution in [1.82, 2.24) is 15.0 Å². The molecule has 0 saturated heterocycles. The van der Waals surface area contributed by atoms with Crippen LogP contribution in [0.2, 0.25) is 0 Å². The SMILES string of the molecule is CCN(Cc1nc(-c2ccc(C)cc2)no1)C(=O)CSc1ccc(C)cc1. The summed E-state index contributed by atoms with van der Waals surface area (Å²) >= 11 is 1.54. The molecule has 1 amide bonds. The second-order valence-corrected chi connectivity index (χ2v) is 7.44. The maximum Gasteiger partial charge on any atom is 0.246 e. The molecule has 27 heavy (non-hydrogen) atoms. The highest BCUT2D eigenvalue weighted by molar-refractivity contribution is 8.00. The third-order valence-electron chi connectivity index (χ3n) is 4.22. The van der Waals surface area contributed by atoms with Crippen LogP contribution in [-0.4, -0.2) is 33.2 Å². The van der Waals surface area contributed by atoms with Crippen molar-refractivity contribution >= 4 is 17.7 Å². The monoisotopic (exact) mass is 381 g/mol. The van der Waals surface area contributed by atoms with Crippen molar-refractivity contribution in [3.8, 4) is 11.4 Å². The van der Waals surface area contributed by atoms with Gasteiger partial charge in [-0.1, -0.05) is 52.7 Å². The molecule has 0 atom stereocenters. The Morgan fingerprint density at radius 3 is 2.30 bits per heavy atom. The van der Waals surface area contributed by atoms with Crippen molar-refractivity contribution in [2.45, 2.75) is 32.2 Å². The van der Waals surface area contributed by atoms with Crippen molar-refractivity contribution in [2.24, 2.45) is 0 Å². The lowest BCUT2D eigenvalue weighted by atomic mass is 10.1. The fourth-order valence-corrected chi connectivity index (χ4v) is 3.35. The second kappa shape index (κ2) is 8.86. The van der Waals surface area contributed by atoms with Gasteiger partial charge in [0.05, 0.1) is 12.3 Å². The maximum absolute atomic E-state index is 12.5. The zero-order chi connectivity index (χ0) is 19.2. The Hall–Kier alpha value is -2.60. The highest BCUT2D eigenvalue weighted by atomic mass is 32.2. The van der Waals surface area contributed by atoms with Crippen LogP contribution in [0.15, 0.2) is 57.9 Å². The predicted octanol–water partition coefficient (Wildman–Crippen LogP) is 4.49. The topological polar surface area (TPSA) is 59.2 Å². The van der Waals surface area contributed by atoms with Crippen LogP contribution in [0, 0.1) is 13.8 Å². The number of benzene rings is 2. The Labute approximate surface area is 163 Å². The highest BCUT2D eigenvalue weighted by Gasteiger charge is 2.17. The highest BCUT2D eigenvalue weighted by Crippen LogP contribution is 2.20. The molecular weight excluding hydrogens is 358 g/mol. The van der Waals surface area contributed by atoms with Crippen molar-refractivity contribution in [3.63, 3.8) is 0 Å². The molecule has 5 nitrogen and oxygen atoms in total. The lowest BCUT2D eigenvalue weighted by Crippen LogP contribution is -2.31. The zero-order valence-corrected chi connectivity index (χ0v) is 16.6. The van der Waals surface area contributed by atoms with Crippen LogP contribution in [0.1, 0.15) is 23.9 Å². The molecule has 2 aromatic carbocycles. The summed E-state index contributed by atoms with van der Waals surface area (Å²) in [6.45, 7) is 6.95. The molecule has 0 aliphatic carbocycles. The molecule has 0 saturated carbocycles. The molecule has 0 aliphatic heterocycles. The average molecular weight is 382 g/mol. The summed E-state index contributed by atoms with van der Waals surface area (Å²) in [6.07, 6.45) is 0. The maximum atomic E-state index is 12.5. The van der Waals surface area contributed by atoms with E-state index in [2.05, 4.69) is 22.3 Å². The van der Waals surface area contributed by atoms with Crippen LogP contribution in [0.25, 0.3) is 11.4 Å². The van der Waals surface area contributed by atoms with E-state index in [4.69, 9.17) is 4.52 Å². The van der Waals surface area contributed by atoms with E-state index in [-0.39, 0.29) is 5.91 Å². The number of hydrogen-bond acceptors (Lipinski definition) is 5. The first kappa shape index (κ1) is 19.2. The summed E-state index contributed by atoms with van der Waals surface area (Å²) in [6, 6.07) is 16.1. The first-order valence-electron chi connectivity index (χ1n) is 8.92. The average Bonchev–Trinajstić information content (AvgIpc) is 3.14. The normalized spacial score (nSPS) is 10.8. The zero-order valence-electron chi connectivity index (χ0n) is 15.8. The third-order valence-corrected chi connectivity index (χ3v) is 5.22. The van der Waals surface area contributed by atoms with E-state index in [1.54, 1.807) is 4.90 Å². The van der Waals surface area contributed by atoms with Gasteiger partial charge in [0.2, 0.25) is 17.6 Å². The van der Waals surface area contributed by atoms with Gasteiger partial charge < -0.3 is 9.42 Å². The fraction of sp³-hybridized carbons (Fsp3) is 0.286. The molecule has 0 radical (unpaired) electrons. The van der Waals surface area contributed by atoms with Gasteiger partial charge in [0.1, 0.15) is 0 Å². The summed E-state index contributed by atoms with van der Waals surface area (Å²) in [4.78, 5) is 19.8. The summed E-state index contributed by atoms with van der Waals surface area (Å²) < 4.78 is 5.35. The van der Waals surface area contributed by atoms with Gasteiger partial charge in [0, 0.05) is 17.0 Å². The van der Waals surface area contributed by atoms with E-state index in [1.807, 2.05) is 57.2 Å². The molecule has 6 heteroatoms. The third kappa shape index (κ3) is 5.20. The lowest BCUT2D eigenvalue weighted by molar-refractivity contribution is -0.129. The quantitative estimate of drug-likeness (QED) is 0.564. The number of rotatable bonds is 7. The largest absolute Gasteiger partial charge is 0.337 e. The lowest BCUT2D eigenvalue weighted by Gasteiger charge is -2.18. The van der Waals surface area contributed by atoms with Gasteiger partial charge in [0.25, 0.3) is 0 Å². The van der Waals surface area contributed by atoms with Gasteiger partial charge in [-0.3, -0.25) is 4.79 Å². The van der Waals surface area contributed by atoms with Crippen molar-refractivity contribution < 1.29 is 9.32 Å². The minimum absolute atomic E-state index is 0.0539. The number of nitrogens with zero attached hydrogens (tertiary/aromatic N) is 3. The molecule has 1 aromatic heterocycles. The molecule has 0 spiro atoms. The second-order valence-electron chi connectivity index (χ2n) is 6.39. The van der Waals surface area contributed by atoms with Crippen LogP contribution < -0.4 is 0 Å². The van der Waals surface area contributed by atoms with E-state index in [9.17, 15) is 4.79 Å². The molecule has 0 N–H and O–H groups in total. The van der Waals surface area contributed by atoms with Crippen LogP contribution in [-0.2, 0) is 11.3 Å². The van der Waals surface area contributed by atoms with Crippen molar-refractivity contribution in [3.05, 3.63) is 65.5 Å². The van der Waals surface area contributed by atoms with Crippen LogP contribution >= 0.6 is 11.8 Å². The number of thioether (sulfide) groups is 1. The summed E-state index contributed by atoms with van der Waals surface area (Å²) in [7, 11) is 0. The minimum Gasteiger partial charge on any atom is -0.337 e. The van der Waals surface area contributed by atoms with E-state index < -0.39 is 0 Å². The number of aryl methyl sites for hydroxylation is 2. The molecule has 0 unspecified atom stereocenters. The summed E-state index contributed by atoms with van der Waals surface area (Å²) in [5.74, 6) is 1.43. The molecule has 140 valence electrons. The van der Waals surface area contributed by atoms with Gasteiger partial charge in [-0.25, -0.2) is 0 Å². The molecule has 0 fully saturated rings. The van der Waals surface area contributed by atoms with Gasteiger partial charge in [-0.2, -0.15) is 4.98 Å². The summed E-state index contributed by atoms with van der Waals surface area (Å²) in [5, 5.41) is 4.04. The van der Waals surface area contributed by atoms with E-state index >= 15 is 0 Å². The molecule has 3 aromatic rings. The van der Waals surface area contributed by atoms with Gasteiger partial charge in [0.15, 0.2) is 0 Å². The molecule has 0 aliphatic rings. The number of carbonyl (C=O) groups excluding carboxylic acids is 1. The van der Waals surface area contributed by atoms with Crippen LogP contribution in [0.3, 0.4) is 0 Å². The van der Waals surface area contributed by atoms with Crippen LogP contribution in [0.5, 0.6) is 0 Å². The van der Waals surface area contributed by atoms with E-state index in [0.29, 0.717) is 30.6 Å². The predicted molar refractivity (Wildman–Crippen MR) is 107 cm³/mol. The first-order valence-corrected chi connectivity index (χ1v) is 9.90. The number of hydrogen-bond donors (Lipinski definition) is 0. The van der Waals surface area contributed by atoms with E-state index in [0.717, 1.165) is 10.5 Å². The Balaban J connectivity index is 1.60. The Bertz CT molecular complexity index is 889. The number of carbonyl (C=O) groups is 1. The van der Waals surface area contributed by atoms with Gasteiger partial charge in [-0.05, 0) is 32.9 Å². The van der Waals surface area contributed by atoms with Gasteiger partial charge >= 0.3 is 0 Å². The number of aromatic nitrogens is 2.